The molecule has 0 saturated carbocycles. The Kier molecular flexibility index (Phi) is 5.67. The van der Waals surface area contributed by atoms with Gasteiger partial charge < -0.3 is 5.11 Å². The van der Waals surface area contributed by atoms with Crippen LogP contribution < -0.4 is 16.7 Å². The molecule has 0 spiro atoms. The maximum Gasteiger partial charge on any atom is 0.331 e. The number of carbonyl (C=O) groups is 1. The summed E-state index contributed by atoms with van der Waals surface area (Å²) in [5.74, 6) is -0.933. The first-order chi connectivity index (χ1) is 11.5. The number of hydrogen-bond acceptors (Lipinski definition) is 5. The van der Waals surface area contributed by atoms with Crippen molar-refractivity contribution in [3.05, 3.63) is 62.3 Å². The third-order valence-electron chi connectivity index (χ3n) is 3.34. The monoisotopic (exact) mass is 330 g/mol. The van der Waals surface area contributed by atoms with Gasteiger partial charge in [-0.1, -0.05) is 31.5 Å². The molecule has 1 aromatic carbocycles. The molecule has 2 aromatic rings. The van der Waals surface area contributed by atoms with Crippen molar-refractivity contribution in [3.8, 4) is 5.88 Å². The van der Waals surface area contributed by atoms with E-state index in [-0.39, 0.29) is 12.1 Å². The van der Waals surface area contributed by atoms with Crippen molar-refractivity contribution in [1.29, 1.82) is 0 Å². The molecular formula is C16H18N4O4. The van der Waals surface area contributed by atoms with Gasteiger partial charge in [-0.15, -0.1) is 0 Å². The van der Waals surface area contributed by atoms with E-state index < -0.39 is 23.0 Å². The number of H-pyrrole nitrogens is 1. The van der Waals surface area contributed by atoms with Gasteiger partial charge in [-0.3, -0.25) is 19.1 Å². The lowest BCUT2D eigenvalue weighted by molar-refractivity contribution is 0.0955. The molecule has 1 heterocycles. The first-order valence-corrected chi connectivity index (χ1v) is 7.49. The maximum absolute atomic E-state index is 11.8. The molecule has 1 amide bonds. The highest BCUT2D eigenvalue weighted by atomic mass is 16.3. The molecule has 0 bridgehead atoms. The zero-order valence-electron chi connectivity index (χ0n) is 13.2. The summed E-state index contributed by atoms with van der Waals surface area (Å²) >= 11 is 0. The van der Waals surface area contributed by atoms with Gasteiger partial charge in [0, 0.05) is 12.1 Å². The molecule has 1 aromatic heterocycles. The molecule has 3 N–H and O–H groups in total. The minimum absolute atomic E-state index is 0.195. The molecule has 8 heteroatoms. The quantitative estimate of drug-likeness (QED) is 0.536. The number of aromatic hydroxyl groups is 1. The molecule has 0 saturated heterocycles. The van der Waals surface area contributed by atoms with Gasteiger partial charge in [-0.05, 0) is 18.6 Å². The molecule has 126 valence electrons. The van der Waals surface area contributed by atoms with Crippen LogP contribution in [0.3, 0.4) is 0 Å². The zero-order valence-corrected chi connectivity index (χ0v) is 13.2. The predicted molar refractivity (Wildman–Crippen MR) is 89.4 cm³/mol. The zero-order chi connectivity index (χ0) is 17.5. The highest BCUT2D eigenvalue weighted by molar-refractivity contribution is 5.94. The minimum atomic E-state index is -0.775. The molecule has 24 heavy (non-hydrogen) atoms. The van der Waals surface area contributed by atoms with Crippen LogP contribution in [0.1, 0.15) is 35.7 Å². The molecule has 0 aliphatic rings. The number of aromatic amines is 1. The van der Waals surface area contributed by atoms with Crippen molar-refractivity contribution in [2.45, 2.75) is 26.3 Å². The van der Waals surface area contributed by atoms with Crippen LogP contribution in [0.4, 0.5) is 0 Å². The number of nitrogens with zero attached hydrogens (tertiary/aromatic N) is 2. The van der Waals surface area contributed by atoms with Crippen LogP contribution in [0.2, 0.25) is 0 Å². The number of aromatic nitrogens is 2. The van der Waals surface area contributed by atoms with Crippen LogP contribution in [0.15, 0.2) is 45.0 Å². The number of carbonyl (C=O) groups excluding carboxylic acids is 1. The van der Waals surface area contributed by atoms with E-state index in [0.717, 1.165) is 17.2 Å². The van der Waals surface area contributed by atoms with Crippen LogP contribution in [0.5, 0.6) is 5.88 Å². The second kappa shape index (κ2) is 7.91. The predicted octanol–water partition coefficient (Wildman–Crippen LogP) is 0.806. The number of hydrogen-bond donors (Lipinski definition) is 3. The van der Waals surface area contributed by atoms with Gasteiger partial charge in [-0.2, -0.15) is 5.10 Å². The summed E-state index contributed by atoms with van der Waals surface area (Å²) in [6.45, 7) is 2.21. The Morgan fingerprint density at radius 3 is 2.71 bits per heavy atom. The average molecular weight is 330 g/mol. The molecule has 0 fully saturated rings. The summed E-state index contributed by atoms with van der Waals surface area (Å²) in [5, 5.41) is 13.8. The highest BCUT2D eigenvalue weighted by Crippen LogP contribution is 2.08. The molecule has 0 aliphatic carbocycles. The summed E-state index contributed by atoms with van der Waals surface area (Å²) in [4.78, 5) is 37.5. The maximum atomic E-state index is 11.8. The van der Waals surface area contributed by atoms with Gasteiger partial charge in [-0.25, -0.2) is 10.2 Å². The normalized spacial score (nSPS) is 10.9. The van der Waals surface area contributed by atoms with Crippen LogP contribution in [0.25, 0.3) is 0 Å². The van der Waals surface area contributed by atoms with Gasteiger partial charge in [0.2, 0.25) is 5.88 Å². The lowest BCUT2D eigenvalue weighted by atomic mass is 10.2. The van der Waals surface area contributed by atoms with Crippen molar-refractivity contribution >= 4 is 12.1 Å². The lowest BCUT2D eigenvalue weighted by Gasteiger charge is -2.08. The molecule has 0 unspecified atom stereocenters. The molecular weight excluding hydrogens is 312 g/mol. The van der Waals surface area contributed by atoms with Crippen LogP contribution in [0, 0.1) is 0 Å². The SMILES string of the molecule is CCCCn1c(O)c(/C=N/NC(=O)c2ccccc2)c(=O)[nH]c1=O. The fourth-order valence-electron chi connectivity index (χ4n) is 2.02. The summed E-state index contributed by atoms with van der Waals surface area (Å²) in [6.07, 6.45) is 2.50. The Hall–Kier alpha value is -3.16. The van der Waals surface area contributed by atoms with Gasteiger partial charge in [0.05, 0.1) is 6.21 Å². The standard InChI is InChI=1S/C16H18N4O4/c1-2-3-9-20-15(23)12(14(22)18-16(20)24)10-17-19-13(21)11-7-5-4-6-8-11/h4-8,10,23H,2-3,9H2,1H3,(H,19,21)(H,18,22,24)/b17-10+. The average Bonchev–Trinajstić information content (AvgIpc) is 2.58. The molecule has 8 nitrogen and oxygen atoms in total. The number of nitrogens with one attached hydrogen (secondary N) is 2. The topological polar surface area (TPSA) is 117 Å². The van der Waals surface area contributed by atoms with Crippen molar-refractivity contribution in [2.24, 2.45) is 5.10 Å². The fourth-order valence-corrected chi connectivity index (χ4v) is 2.02. The molecule has 0 aliphatic heterocycles. The fraction of sp³-hybridized carbons (Fsp3) is 0.250. The van der Waals surface area contributed by atoms with E-state index in [0.29, 0.717) is 12.0 Å². The number of unbranched alkanes of at least 4 members (excludes halogenated alkanes) is 1. The summed E-state index contributed by atoms with van der Waals surface area (Å²) < 4.78 is 1.06. The lowest BCUT2D eigenvalue weighted by Crippen LogP contribution is -2.32. The van der Waals surface area contributed by atoms with Crippen LogP contribution in [-0.2, 0) is 6.54 Å². The van der Waals surface area contributed by atoms with E-state index >= 15 is 0 Å². The number of amides is 1. The Balaban J connectivity index is 2.21. The minimum Gasteiger partial charge on any atom is -0.494 e. The van der Waals surface area contributed by atoms with Crippen molar-refractivity contribution < 1.29 is 9.90 Å². The Bertz CT molecular complexity index is 853. The molecule has 2 rings (SSSR count). The summed E-state index contributed by atoms with van der Waals surface area (Å²) in [6, 6.07) is 8.41. The highest BCUT2D eigenvalue weighted by Gasteiger charge is 2.12. The van der Waals surface area contributed by atoms with Gasteiger partial charge in [0.15, 0.2) is 0 Å². The molecule has 0 radical (unpaired) electrons. The second-order valence-electron chi connectivity index (χ2n) is 5.07. The van der Waals surface area contributed by atoms with Crippen molar-refractivity contribution in [1.82, 2.24) is 15.0 Å². The van der Waals surface area contributed by atoms with E-state index in [1.807, 2.05) is 6.92 Å². The van der Waals surface area contributed by atoms with Crippen molar-refractivity contribution in [3.63, 3.8) is 0 Å². The third kappa shape index (κ3) is 3.97. The van der Waals surface area contributed by atoms with E-state index in [1.165, 1.54) is 0 Å². The van der Waals surface area contributed by atoms with E-state index in [9.17, 15) is 19.5 Å². The first kappa shape index (κ1) is 17.2. The smallest absolute Gasteiger partial charge is 0.331 e. The number of benzene rings is 1. The van der Waals surface area contributed by atoms with Crippen LogP contribution in [-0.4, -0.2) is 26.8 Å². The molecule has 0 atom stereocenters. The Labute approximate surface area is 137 Å². The summed E-state index contributed by atoms with van der Waals surface area (Å²) in [5.41, 5.74) is 1.01. The number of rotatable bonds is 6. The third-order valence-corrected chi connectivity index (χ3v) is 3.34. The first-order valence-electron chi connectivity index (χ1n) is 7.49. The van der Waals surface area contributed by atoms with Crippen LogP contribution >= 0.6 is 0 Å². The van der Waals surface area contributed by atoms with Gasteiger partial charge in [0.1, 0.15) is 5.56 Å². The van der Waals surface area contributed by atoms with Gasteiger partial charge >= 0.3 is 5.69 Å². The van der Waals surface area contributed by atoms with E-state index in [2.05, 4.69) is 15.5 Å². The largest absolute Gasteiger partial charge is 0.494 e. The van der Waals surface area contributed by atoms with E-state index in [4.69, 9.17) is 0 Å². The second-order valence-corrected chi connectivity index (χ2v) is 5.07. The van der Waals surface area contributed by atoms with Gasteiger partial charge in [0.25, 0.3) is 11.5 Å². The van der Waals surface area contributed by atoms with Crippen molar-refractivity contribution in [2.75, 3.05) is 0 Å². The summed E-state index contributed by atoms with van der Waals surface area (Å²) in [7, 11) is 0. The Morgan fingerprint density at radius 2 is 2.04 bits per heavy atom. The Morgan fingerprint density at radius 1 is 1.33 bits per heavy atom. The van der Waals surface area contributed by atoms with E-state index in [1.54, 1.807) is 30.3 Å². The number of hydrazone groups is 1.